The molecule has 0 atom stereocenters. The molecule has 0 amide bonds. The first kappa shape index (κ1) is 22.8. The number of halogens is 2. The van der Waals surface area contributed by atoms with Crippen LogP contribution in [0.5, 0.6) is 5.75 Å². The van der Waals surface area contributed by atoms with Crippen LogP contribution in [0.1, 0.15) is 29.3 Å². The largest absolute Gasteiger partial charge is 0.507 e. The predicted molar refractivity (Wildman–Crippen MR) is 126 cm³/mol. The van der Waals surface area contributed by atoms with E-state index in [1.54, 1.807) is 43.5 Å². The van der Waals surface area contributed by atoms with Gasteiger partial charge in [0.05, 0.1) is 11.4 Å². The topological polar surface area (TPSA) is 112 Å². The summed E-state index contributed by atoms with van der Waals surface area (Å²) in [5.74, 6) is -2.79. The first-order chi connectivity index (χ1) is 15.7. The Bertz CT molecular complexity index is 1470. The molecular weight excluding hydrogens is 469 g/mol. The molecule has 10 heteroatoms. The molecule has 0 unspecified atom stereocenters. The number of carbonyl (C=O) groups is 1. The molecule has 2 heterocycles. The maximum atomic E-state index is 15.2. The lowest BCUT2D eigenvalue weighted by Crippen LogP contribution is -2.18. The molecule has 170 valence electrons. The number of aromatic nitrogens is 2. The van der Waals surface area contributed by atoms with Crippen LogP contribution < -0.4 is 4.72 Å². The molecule has 0 aliphatic heterocycles. The Hall–Kier alpha value is -3.43. The Morgan fingerprint density at radius 1 is 1.18 bits per heavy atom. The Labute approximate surface area is 194 Å². The molecule has 4 rings (SSSR count). The highest BCUT2D eigenvalue weighted by atomic mass is 35.5. The van der Waals surface area contributed by atoms with Crippen molar-refractivity contribution in [3.8, 4) is 16.9 Å². The van der Waals surface area contributed by atoms with Gasteiger partial charge in [-0.25, -0.2) is 17.8 Å². The molecule has 7 nitrogen and oxygen atoms in total. The number of sulfonamides is 1. The molecule has 0 fully saturated rings. The number of phenols is 1. The maximum Gasteiger partial charge on any atom is 0.232 e. The van der Waals surface area contributed by atoms with Crippen LogP contribution in [0.4, 0.5) is 10.1 Å². The summed E-state index contributed by atoms with van der Waals surface area (Å²) in [6.07, 6.45) is 3.33. The van der Waals surface area contributed by atoms with Gasteiger partial charge >= 0.3 is 0 Å². The van der Waals surface area contributed by atoms with E-state index in [2.05, 4.69) is 14.7 Å². The van der Waals surface area contributed by atoms with Gasteiger partial charge in [-0.3, -0.25) is 9.52 Å². The molecule has 33 heavy (non-hydrogen) atoms. The van der Waals surface area contributed by atoms with E-state index in [0.29, 0.717) is 28.0 Å². The number of nitrogens with zero attached hydrogens (tertiary/aromatic N) is 1. The van der Waals surface area contributed by atoms with Gasteiger partial charge in [0.2, 0.25) is 15.8 Å². The highest BCUT2D eigenvalue weighted by Gasteiger charge is 2.25. The maximum absolute atomic E-state index is 15.2. The normalized spacial score (nSPS) is 11.6. The van der Waals surface area contributed by atoms with E-state index in [-0.39, 0.29) is 11.3 Å². The monoisotopic (exact) mass is 487 g/mol. The number of hydrogen-bond acceptors (Lipinski definition) is 5. The van der Waals surface area contributed by atoms with Gasteiger partial charge in [0.1, 0.15) is 17.0 Å². The number of anilines is 1. The van der Waals surface area contributed by atoms with Crippen molar-refractivity contribution in [2.75, 3.05) is 10.5 Å². The lowest BCUT2D eigenvalue weighted by Gasteiger charge is -2.12. The second kappa shape index (κ2) is 8.84. The summed E-state index contributed by atoms with van der Waals surface area (Å²) >= 11 is 5.94. The van der Waals surface area contributed by atoms with Gasteiger partial charge in [0.25, 0.3) is 0 Å². The van der Waals surface area contributed by atoms with Crippen molar-refractivity contribution < 1.29 is 22.7 Å². The zero-order chi connectivity index (χ0) is 23.8. The van der Waals surface area contributed by atoms with Crippen molar-refractivity contribution in [3.63, 3.8) is 0 Å². The smallest absolute Gasteiger partial charge is 0.232 e. The molecule has 0 bridgehead atoms. The number of pyridine rings is 1. The zero-order valence-corrected chi connectivity index (χ0v) is 19.0. The third kappa shape index (κ3) is 4.55. The van der Waals surface area contributed by atoms with Gasteiger partial charge in [-0.05, 0) is 42.3 Å². The SMILES string of the molecule is CCCS(=O)(=O)Nc1ccc(O)c(C(=O)c2c[nH]c3ncc(-c4ccc(Cl)cc4)cc23)c1F. The van der Waals surface area contributed by atoms with Crippen LogP contribution >= 0.6 is 11.6 Å². The van der Waals surface area contributed by atoms with Gasteiger partial charge < -0.3 is 10.1 Å². The van der Waals surface area contributed by atoms with Gasteiger partial charge in [0.15, 0.2) is 5.82 Å². The van der Waals surface area contributed by atoms with E-state index in [9.17, 15) is 18.3 Å². The molecular formula is C23H19ClFN3O4S. The van der Waals surface area contributed by atoms with Crippen LogP contribution in [0.3, 0.4) is 0 Å². The molecule has 0 aliphatic carbocycles. The number of phenolic OH excluding ortho intramolecular Hbond substituents is 1. The molecule has 2 aromatic carbocycles. The first-order valence-electron chi connectivity index (χ1n) is 10.00. The second-order valence-electron chi connectivity index (χ2n) is 7.40. The van der Waals surface area contributed by atoms with Crippen LogP contribution in [-0.4, -0.2) is 35.0 Å². The van der Waals surface area contributed by atoms with Crippen molar-refractivity contribution in [1.29, 1.82) is 0 Å². The van der Waals surface area contributed by atoms with Crippen molar-refractivity contribution in [2.45, 2.75) is 13.3 Å². The minimum Gasteiger partial charge on any atom is -0.507 e. The summed E-state index contributed by atoms with van der Waals surface area (Å²) in [7, 11) is -3.80. The summed E-state index contributed by atoms with van der Waals surface area (Å²) in [5, 5.41) is 11.2. The van der Waals surface area contributed by atoms with Crippen molar-refractivity contribution in [2.24, 2.45) is 0 Å². The highest BCUT2D eigenvalue weighted by Crippen LogP contribution is 2.32. The van der Waals surface area contributed by atoms with Crippen molar-refractivity contribution in [1.82, 2.24) is 9.97 Å². The predicted octanol–water partition coefficient (Wildman–Crippen LogP) is 5.11. The number of ketones is 1. The standard InChI is InChI=1S/C23H19ClFN3O4S/c1-2-9-33(31,32)28-18-7-8-19(29)20(21(18)25)22(30)17-12-27-23-16(17)10-14(11-26-23)13-3-5-15(24)6-4-13/h3-8,10-12,28-29H,2,9H2,1H3,(H,26,27). The number of aromatic amines is 1. The quantitative estimate of drug-likeness (QED) is 0.248. The molecule has 4 aromatic rings. The Balaban J connectivity index is 1.78. The van der Waals surface area contributed by atoms with Crippen LogP contribution in [0.2, 0.25) is 5.02 Å². The average molecular weight is 488 g/mol. The molecule has 0 aliphatic rings. The number of benzene rings is 2. The fourth-order valence-corrected chi connectivity index (χ4v) is 4.73. The van der Waals surface area contributed by atoms with E-state index in [1.807, 2.05) is 0 Å². The number of carbonyl (C=O) groups excluding carboxylic acids is 1. The Morgan fingerprint density at radius 3 is 2.61 bits per heavy atom. The van der Waals surface area contributed by atoms with E-state index in [1.165, 1.54) is 6.20 Å². The van der Waals surface area contributed by atoms with Gasteiger partial charge in [-0.1, -0.05) is 30.7 Å². The van der Waals surface area contributed by atoms with Crippen LogP contribution in [0.15, 0.2) is 54.9 Å². The lowest BCUT2D eigenvalue weighted by molar-refractivity contribution is 0.103. The Morgan fingerprint density at radius 2 is 1.91 bits per heavy atom. The van der Waals surface area contributed by atoms with E-state index in [4.69, 9.17) is 11.6 Å². The fraction of sp³-hybridized carbons (Fsp3) is 0.130. The first-order valence-corrected chi connectivity index (χ1v) is 12.0. The third-order valence-corrected chi connectivity index (χ3v) is 6.77. The number of aromatic hydroxyl groups is 1. The minimum absolute atomic E-state index is 0.0797. The summed E-state index contributed by atoms with van der Waals surface area (Å²) in [6, 6.07) is 10.9. The molecule has 2 aromatic heterocycles. The summed E-state index contributed by atoms with van der Waals surface area (Å²) in [4.78, 5) is 20.4. The van der Waals surface area contributed by atoms with Gasteiger partial charge in [0, 0.05) is 33.9 Å². The summed E-state index contributed by atoms with van der Waals surface area (Å²) in [6.45, 7) is 1.67. The third-order valence-electron chi connectivity index (χ3n) is 5.04. The van der Waals surface area contributed by atoms with Crippen molar-refractivity contribution in [3.05, 3.63) is 76.8 Å². The molecule has 0 saturated heterocycles. The fourth-order valence-electron chi connectivity index (χ4n) is 3.47. The highest BCUT2D eigenvalue weighted by molar-refractivity contribution is 7.92. The number of nitrogens with one attached hydrogen (secondary N) is 2. The number of H-pyrrole nitrogens is 1. The van der Waals surface area contributed by atoms with E-state index < -0.39 is 38.6 Å². The second-order valence-corrected chi connectivity index (χ2v) is 9.68. The molecule has 0 saturated carbocycles. The van der Waals surface area contributed by atoms with Gasteiger partial charge in [-0.15, -0.1) is 0 Å². The van der Waals surface area contributed by atoms with Crippen LogP contribution in [-0.2, 0) is 10.0 Å². The van der Waals surface area contributed by atoms with E-state index >= 15 is 4.39 Å². The van der Waals surface area contributed by atoms with Crippen LogP contribution in [0.25, 0.3) is 22.2 Å². The van der Waals surface area contributed by atoms with Crippen LogP contribution in [0, 0.1) is 5.82 Å². The molecule has 0 spiro atoms. The Kier molecular flexibility index (Phi) is 6.09. The molecule has 3 N–H and O–H groups in total. The number of fused-ring (bicyclic) bond motifs is 1. The average Bonchev–Trinajstić information content (AvgIpc) is 3.19. The minimum atomic E-state index is -3.80. The van der Waals surface area contributed by atoms with E-state index in [0.717, 1.165) is 17.7 Å². The van der Waals surface area contributed by atoms with Crippen molar-refractivity contribution >= 4 is 44.1 Å². The lowest BCUT2D eigenvalue weighted by atomic mass is 9.99. The number of hydrogen-bond donors (Lipinski definition) is 3. The zero-order valence-electron chi connectivity index (χ0n) is 17.4. The molecule has 0 radical (unpaired) electrons. The number of rotatable bonds is 7. The summed E-state index contributed by atoms with van der Waals surface area (Å²) < 4.78 is 41.4. The summed E-state index contributed by atoms with van der Waals surface area (Å²) in [5.41, 5.74) is 0.953. The van der Waals surface area contributed by atoms with Gasteiger partial charge in [-0.2, -0.15) is 0 Å².